The highest BCUT2D eigenvalue weighted by molar-refractivity contribution is 5.35. The maximum absolute atomic E-state index is 10.3. The third kappa shape index (κ3) is 4.00. The van der Waals surface area contributed by atoms with Crippen LogP contribution >= 0.6 is 0 Å². The molecule has 0 bridgehead atoms. The molecule has 0 radical (unpaired) electrons. The summed E-state index contributed by atoms with van der Waals surface area (Å²) < 4.78 is 11.7. The van der Waals surface area contributed by atoms with Crippen molar-refractivity contribution >= 4 is 0 Å². The Morgan fingerprint density at radius 1 is 1.20 bits per heavy atom. The third-order valence-electron chi connectivity index (χ3n) is 5.94. The summed E-state index contributed by atoms with van der Waals surface area (Å²) in [5, 5.41) is 19.2. The number of rotatable bonds is 7. The lowest BCUT2D eigenvalue weighted by Gasteiger charge is -2.56. The Kier molecular flexibility index (Phi) is 6.00. The molecule has 1 aliphatic carbocycles. The highest BCUT2D eigenvalue weighted by atomic mass is 16.5. The summed E-state index contributed by atoms with van der Waals surface area (Å²) in [7, 11) is 0. The first-order valence-corrected chi connectivity index (χ1v) is 9.38. The summed E-state index contributed by atoms with van der Waals surface area (Å²) in [4.78, 5) is 2.41. The molecule has 1 spiro atoms. The highest BCUT2D eigenvalue weighted by Crippen LogP contribution is 2.50. The van der Waals surface area contributed by atoms with E-state index >= 15 is 0 Å². The molecular weight excluding hydrogens is 318 g/mol. The zero-order chi connectivity index (χ0) is 17.9. The molecule has 2 atom stereocenters. The standard InChI is InChI=1S/C20H31NO4/c1-15-3-4-17(16(2)13-15)24-11-9-21-7-5-20(6-8-21)18(23)14-19(20)25-12-10-22/h3-4,13,18-19,22-23H,5-12,14H2,1-2H3/t18-,19+/m1/s1. The zero-order valence-electron chi connectivity index (χ0n) is 15.4. The summed E-state index contributed by atoms with van der Waals surface area (Å²) in [6, 6.07) is 6.27. The number of aliphatic hydroxyl groups excluding tert-OH is 2. The van der Waals surface area contributed by atoms with Crippen molar-refractivity contribution in [2.75, 3.05) is 39.5 Å². The van der Waals surface area contributed by atoms with Crippen LogP contribution in [0.1, 0.15) is 30.4 Å². The fourth-order valence-corrected chi connectivity index (χ4v) is 4.25. The maximum Gasteiger partial charge on any atom is 0.122 e. The molecule has 0 unspecified atom stereocenters. The number of hydrogen-bond donors (Lipinski definition) is 2. The minimum atomic E-state index is -0.259. The lowest BCUT2D eigenvalue weighted by Crippen LogP contribution is -2.62. The van der Waals surface area contributed by atoms with Crippen LogP contribution in [0, 0.1) is 19.3 Å². The van der Waals surface area contributed by atoms with Crippen LogP contribution in [-0.2, 0) is 4.74 Å². The van der Waals surface area contributed by atoms with Gasteiger partial charge in [0.15, 0.2) is 0 Å². The largest absolute Gasteiger partial charge is 0.492 e. The van der Waals surface area contributed by atoms with Gasteiger partial charge in [0.2, 0.25) is 0 Å². The average molecular weight is 349 g/mol. The molecule has 140 valence electrons. The van der Waals surface area contributed by atoms with Crippen LogP contribution in [-0.4, -0.2) is 66.8 Å². The summed E-state index contributed by atoms with van der Waals surface area (Å²) in [6.07, 6.45) is 2.45. The van der Waals surface area contributed by atoms with E-state index in [9.17, 15) is 5.11 Å². The lowest BCUT2D eigenvalue weighted by molar-refractivity contribution is -0.213. The second kappa shape index (κ2) is 8.04. The molecule has 2 N–H and O–H groups in total. The molecule has 2 aliphatic rings. The smallest absolute Gasteiger partial charge is 0.122 e. The van der Waals surface area contributed by atoms with Gasteiger partial charge in [-0.3, -0.25) is 4.90 Å². The van der Waals surface area contributed by atoms with Crippen LogP contribution in [0.5, 0.6) is 5.75 Å². The molecule has 3 rings (SSSR count). The Hall–Kier alpha value is -1.14. The van der Waals surface area contributed by atoms with Gasteiger partial charge in [-0.25, -0.2) is 0 Å². The van der Waals surface area contributed by atoms with Gasteiger partial charge in [-0.2, -0.15) is 0 Å². The fraction of sp³-hybridized carbons (Fsp3) is 0.700. The Morgan fingerprint density at radius 2 is 1.96 bits per heavy atom. The molecular formula is C20H31NO4. The third-order valence-corrected chi connectivity index (χ3v) is 5.94. The van der Waals surface area contributed by atoms with Crippen LogP contribution in [0.2, 0.25) is 0 Å². The van der Waals surface area contributed by atoms with Crippen LogP contribution in [0.25, 0.3) is 0 Å². The molecule has 5 nitrogen and oxygen atoms in total. The highest BCUT2D eigenvalue weighted by Gasteiger charge is 2.55. The van der Waals surface area contributed by atoms with Crippen molar-refractivity contribution in [3.05, 3.63) is 29.3 Å². The quantitative estimate of drug-likeness (QED) is 0.787. The molecule has 1 saturated heterocycles. The minimum absolute atomic E-state index is 0.0462. The van der Waals surface area contributed by atoms with Crippen LogP contribution in [0.3, 0.4) is 0 Å². The number of aryl methyl sites for hydroxylation is 2. The Bertz CT molecular complexity index is 569. The van der Waals surface area contributed by atoms with Crippen molar-refractivity contribution in [2.45, 2.75) is 45.3 Å². The molecule has 25 heavy (non-hydrogen) atoms. The van der Waals surface area contributed by atoms with E-state index in [2.05, 4.69) is 30.9 Å². The summed E-state index contributed by atoms with van der Waals surface area (Å²) >= 11 is 0. The maximum atomic E-state index is 10.3. The lowest BCUT2D eigenvalue weighted by atomic mass is 9.58. The Labute approximate surface area is 150 Å². The molecule has 2 fully saturated rings. The van der Waals surface area contributed by atoms with Gasteiger partial charge in [0.25, 0.3) is 0 Å². The van der Waals surface area contributed by atoms with Crippen molar-refractivity contribution in [1.29, 1.82) is 0 Å². The number of benzene rings is 1. The van der Waals surface area contributed by atoms with Crippen molar-refractivity contribution < 1.29 is 19.7 Å². The van der Waals surface area contributed by atoms with Crippen molar-refractivity contribution in [1.82, 2.24) is 4.90 Å². The summed E-state index contributed by atoms with van der Waals surface area (Å²) in [5.41, 5.74) is 2.34. The van der Waals surface area contributed by atoms with E-state index in [0.717, 1.165) is 38.2 Å². The first-order valence-electron chi connectivity index (χ1n) is 9.38. The molecule has 5 heteroatoms. The Morgan fingerprint density at radius 3 is 2.60 bits per heavy atom. The normalized spacial score (nSPS) is 25.8. The van der Waals surface area contributed by atoms with Crippen LogP contribution in [0.15, 0.2) is 18.2 Å². The predicted octanol–water partition coefficient (Wildman–Crippen LogP) is 1.91. The van der Waals surface area contributed by atoms with E-state index in [4.69, 9.17) is 14.6 Å². The van der Waals surface area contributed by atoms with Gasteiger partial charge < -0.3 is 19.7 Å². The summed E-state index contributed by atoms with van der Waals surface area (Å²) in [6.45, 7) is 8.10. The van der Waals surface area contributed by atoms with Crippen molar-refractivity contribution in [3.63, 3.8) is 0 Å². The molecule has 1 saturated carbocycles. The number of piperidine rings is 1. The van der Waals surface area contributed by atoms with E-state index < -0.39 is 0 Å². The minimum Gasteiger partial charge on any atom is -0.492 e. The molecule has 1 aliphatic heterocycles. The first-order chi connectivity index (χ1) is 12.0. The van der Waals surface area contributed by atoms with Crippen LogP contribution in [0.4, 0.5) is 0 Å². The second-order valence-corrected chi connectivity index (χ2v) is 7.53. The van der Waals surface area contributed by atoms with Gasteiger partial charge in [-0.15, -0.1) is 0 Å². The predicted molar refractivity (Wildman–Crippen MR) is 97.0 cm³/mol. The SMILES string of the molecule is Cc1ccc(OCCN2CCC3(CC2)[C@H](O)C[C@@H]3OCCO)c(C)c1. The molecule has 1 aromatic carbocycles. The van der Waals surface area contributed by atoms with Gasteiger partial charge in [-0.1, -0.05) is 17.7 Å². The van der Waals surface area contributed by atoms with Crippen molar-refractivity contribution in [3.8, 4) is 5.75 Å². The average Bonchev–Trinajstić information content (AvgIpc) is 2.61. The molecule has 1 heterocycles. The van der Waals surface area contributed by atoms with E-state index in [1.165, 1.54) is 11.1 Å². The van der Waals surface area contributed by atoms with E-state index in [0.29, 0.717) is 19.6 Å². The number of aliphatic hydroxyl groups is 2. The monoisotopic (exact) mass is 349 g/mol. The molecule has 0 aromatic heterocycles. The van der Waals surface area contributed by atoms with Gasteiger partial charge in [0.05, 0.1) is 25.4 Å². The van der Waals surface area contributed by atoms with E-state index in [-0.39, 0.29) is 24.2 Å². The first kappa shape index (κ1) is 18.6. The van der Waals surface area contributed by atoms with Crippen molar-refractivity contribution in [2.24, 2.45) is 5.41 Å². The fourth-order valence-electron chi connectivity index (χ4n) is 4.25. The van der Waals surface area contributed by atoms with Gasteiger partial charge in [0.1, 0.15) is 12.4 Å². The summed E-state index contributed by atoms with van der Waals surface area (Å²) in [5.74, 6) is 0.964. The molecule has 0 amide bonds. The van der Waals surface area contributed by atoms with E-state index in [1.807, 2.05) is 6.07 Å². The topological polar surface area (TPSA) is 62.2 Å². The van der Waals surface area contributed by atoms with E-state index in [1.54, 1.807) is 0 Å². The zero-order valence-corrected chi connectivity index (χ0v) is 15.4. The van der Waals surface area contributed by atoms with Gasteiger partial charge in [0, 0.05) is 18.4 Å². The number of likely N-dealkylation sites (tertiary alicyclic amines) is 1. The number of ether oxygens (including phenoxy) is 2. The number of hydrogen-bond acceptors (Lipinski definition) is 5. The Balaban J connectivity index is 1.43. The van der Waals surface area contributed by atoms with Gasteiger partial charge >= 0.3 is 0 Å². The number of nitrogens with zero attached hydrogens (tertiary/aromatic N) is 1. The van der Waals surface area contributed by atoms with Gasteiger partial charge in [-0.05, 0) is 51.4 Å². The second-order valence-electron chi connectivity index (χ2n) is 7.53. The van der Waals surface area contributed by atoms with Crippen LogP contribution < -0.4 is 4.74 Å². The molecule has 1 aromatic rings.